The molecule has 2 nitrogen and oxygen atoms in total. The lowest BCUT2D eigenvalue weighted by atomic mass is 9.87. The zero-order valence-electron chi connectivity index (χ0n) is 10.7. The monoisotopic (exact) mass is 247 g/mol. The molecule has 0 atom stereocenters. The maximum absolute atomic E-state index is 12.1. The number of Topliss-reactive ketones (excluding diaryl/α,β-unsaturated/α-hetero) is 1. The molecule has 0 unspecified atom stereocenters. The van der Waals surface area contributed by atoms with Crippen molar-refractivity contribution >= 4 is 27.3 Å². The van der Waals surface area contributed by atoms with Crippen LogP contribution in [0.2, 0.25) is 0 Å². The summed E-state index contributed by atoms with van der Waals surface area (Å²) in [4.78, 5) is 16.6. The zero-order chi connectivity index (χ0) is 12.6. The van der Waals surface area contributed by atoms with Gasteiger partial charge in [0.2, 0.25) is 0 Å². The molecule has 0 amide bonds. The number of nitrogens with zero attached hydrogens (tertiary/aromatic N) is 1. The number of benzene rings is 1. The highest BCUT2D eigenvalue weighted by molar-refractivity contribution is 7.18. The van der Waals surface area contributed by atoms with E-state index in [0.29, 0.717) is 6.42 Å². The third-order valence-corrected chi connectivity index (χ3v) is 3.73. The molecule has 1 aromatic carbocycles. The molecule has 1 aromatic heterocycles. The Hall–Kier alpha value is -1.22. The average molecular weight is 247 g/mol. The number of thiazole rings is 1. The Morgan fingerprint density at radius 3 is 2.71 bits per heavy atom. The summed E-state index contributed by atoms with van der Waals surface area (Å²) in [6, 6.07) is 6.07. The van der Waals surface area contributed by atoms with Gasteiger partial charge in [0.05, 0.1) is 15.2 Å². The van der Waals surface area contributed by atoms with Crippen LogP contribution in [-0.2, 0) is 11.2 Å². The molecule has 0 spiro atoms. The molecule has 2 rings (SSSR count). The van der Waals surface area contributed by atoms with Crippen LogP contribution in [0, 0.1) is 12.3 Å². The number of hydrogen-bond acceptors (Lipinski definition) is 3. The van der Waals surface area contributed by atoms with Crippen LogP contribution in [0.4, 0.5) is 0 Å². The van der Waals surface area contributed by atoms with Crippen LogP contribution >= 0.6 is 11.3 Å². The van der Waals surface area contributed by atoms with Gasteiger partial charge in [0, 0.05) is 11.8 Å². The second-order valence-corrected chi connectivity index (χ2v) is 6.58. The fraction of sp³-hybridized carbons (Fsp3) is 0.429. The lowest BCUT2D eigenvalue weighted by molar-refractivity contribution is -0.125. The number of carbonyl (C=O) groups excluding carboxylic acids is 1. The molecular weight excluding hydrogens is 230 g/mol. The molecule has 0 aliphatic carbocycles. The third kappa shape index (κ3) is 2.55. The highest BCUT2D eigenvalue weighted by atomic mass is 32.1. The van der Waals surface area contributed by atoms with Gasteiger partial charge in [0.15, 0.2) is 0 Å². The second-order valence-electron chi connectivity index (χ2n) is 5.35. The molecular formula is C14H17NOS. The van der Waals surface area contributed by atoms with Crippen LogP contribution in [0.5, 0.6) is 0 Å². The van der Waals surface area contributed by atoms with Gasteiger partial charge >= 0.3 is 0 Å². The molecule has 0 radical (unpaired) electrons. The van der Waals surface area contributed by atoms with Gasteiger partial charge in [-0.2, -0.15) is 0 Å². The fourth-order valence-corrected chi connectivity index (χ4v) is 2.57. The van der Waals surface area contributed by atoms with E-state index < -0.39 is 0 Å². The van der Waals surface area contributed by atoms with Crippen molar-refractivity contribution in [2.75, 3.05) is 0 Å². The Balaban J connectivity index is 2.39. The molecule has 1 heterocycles. The fourth-order valence-electron chi connectivity index (χ4n) is 1.70. The summed E-state index contributed by atoms with van der Waals surface area (Å²) in [6.45, 7) is 7.88. The highest BCUT2D eigenvalue weighted by Gasteiger charge is 2.22. The first-order chi connectivity index (χ1) is 7.88. The van der Waals surface area contributed by atoms with E-state index in [9.17, 15) is 4.79 Å². The number of hydrogen-bond donors (Lipinski definition) is 0. The van der Waals surface area contributed by atoms with Gasteiger partial charge in [-0.1, -0.05) is 32.9 Å². The minimum Gasteiger partial charge on any atom is -0.299 e. The molecule has 0 fully saturated rings. The highest BCUT2D eigenvalue weighted by Crippen LogP contribution is 2.26. The predicted octanol–water partition coefficient (Wildman–Crippen LogP) is 3.76. The number of carbonyl (C=O) groups is 1. The number of ketones is 1. The largest absolute Gasteiger partial charge is 0.299 e. The number of rotatable bonds is 2. The molecule has 17 heavy (non-hydrogen) atoms. The quantitative estimate of drug-likeness (QED) is 0.808. The SMILES string of the molecule is Cc1nc2c(CC(=O)C(C)(C)C)cccc2s1. The van der Waals surface area contributed by atoms with Gasteiger partial charge in [0.1, 0.15) is 5.78 Å². The van der Waals surface area contributed by atoms with E-state index in [4.69, 9.17) is 0 Å². The summed E-state index contributed by atoms with van der Waals surface area (Å²) in [7, 11) is 0. The Morgan fingerprint density at radius 2 is 2.06 bits per heavy atom. The zero-order valence-corrected chi connectivity index (χ0v) is 11.5. The van der Waals surface area contributed by atoms with E-state index in [1.54, 1.807) is 11.3 Å². The molecule has 2 aromatic rings. The molecule has 0 bridgehead atoms. The van der Waals surface area contributed by atoms with Crippen molar-refractivity contribution in [1.29, 1.82) is 0 Å². The molecule has 90 valence electrons. The van der Waals surface area contributed by atoms with Crippen molar-refractivity contribution in [3.05, 3.63) is 28.8 Å². The standard InChI is InChI=1S/C14H17NOS/c1-9-15-13-10(6-5-7-11(13)17-9)8-12(16)14(2,3)4/h5-7H,8H2,1-4H3. The van der Waals surface area contributed by atoms with Gasteiger partial charge in [-0.05, 0) is 18.6 Å². The first-order valence-electron chi connectivity index (χ1n) is 5.76. The number of fused-ring (bicyclic) bond motifs is 1. The average Bonchev–Trinajstić information content (AvgIpc) is 2.58. The van der Waals surface area contributed by atoms with Crippen LogP contribution in [0.15, 0.2) is 18.2 Å². The van der Waals surface area contributed by atoms with Crippen molar-refractivity contribution in [2.24, 2.45) is 5.41 Å². The summed E-state index contributed by atoms with van der Waals surface area (Å²) < 4.78 is 1.17. The summed E-state index contributed by atoms with van der Waals surface area (Å²) in [6.07, 6.45) is 0.476. The number of para-hydroxylation sites is 1. The van der Waals surface area contributed by atoms with Crippen LogP contribution < -0.4 is 0 Å². The van der Waals surface area contributed by atoms with Crippen LogP contribution in [0.1, 0.15) is 31.3 Å². The first-order valence-corrected chi connectivity index (χ1v) is 6.58. The van der Waals surface area contributed by atoms with E-state index in [0.717, 1.165) is 16.1 Å². The maximum atomic E-state index is 12.1. The van der Waals surface area contributed by atoms with Gasteiger partial charge < -0.3 is 0 Å². The smallest absolute Gasteiger partial charge is 0.142 e. The molecule has 3 heteroatoms. The predicted molar refractivity (Wildman–Crippen MR) is 72.5 cm³/mol. The minimum absolute atomic E-state index is 0.260. The maximum Gasteiger partial charge on any atom is 0.142 e. The van der Waals surface area contributed by atoms with Gasteiger partial charge in [0.25, 0.3) is 0 Å². The van der Waals surface area contributed by atoms with Gasteiger partial charge in [-0.3, -0.25) is 4.79 Å². The van der Waals surface area contributed by atoms with Crippen LogP contribution in [-0.4, -0.2) is 10.8 Å². The second kappa shape index (κ2) is 4.22. The Kier molecular flexibility index (Phi) is 3.04. The van der Waals surface area contributed by atoms with E-state index in [2.05, 4.69) is 11.1 Å². The molecule has 0 N–H and O–H groups in total. The summed E-state index contributed by atoms with van der Waals surface area (Å²) in [5.74, 6) is 0.260. The van der Waals surface area contributed by atoms with Crippen molar-refractivity contribution in [1.82, 2.24) is 4.98 Å². The van der Waals surface area contributed by atoms with Crippen molar-refractivity contribution in [3.63, 3.8) is 0 Å². The molecule has 0 saturated heterocycles. The van der Waals surface area contributed by atoms with Gasteiger partial charge in [-0.25, -0.2) is 4.98 Å². The van der Waals surface area contributed by atoms with Crippen molar-refractivity contribution in [3.8, 4) is 0 Å². The lowest BCUT2D eigenvalue weighted by Crippen LogP contribution is -2.22. The van der Waals surface area contributed by atoms with Gasteiger partial charge in [-0.15, -0.1) is 11.3 Å². The van der Waals surface area contributed by atoms with Crippen LogP contribution in [0.3, 0.4) is 0 Å². The van der Waals surface area contributed by atoms with E-state index in [1.807, 2.05) is 39.8 Å². The third-order valence-electron chi connectivity index (χ3n) is 2.80. The van der Waals surface area contributed by atoms with Crippen LogP contribution in [0.25, 0.3) is 10.2 Å². The Labute approximate surface area is 106 Å². The van der Waals surface area contributed by atoms with Crippen molar-refractivity contribution < 1.29 is 4.79 Å². The Bertz CT molecular complexity index is 563. The minimum atomic E-state index is -0.284. The summed E-state index contributed by atoms with van der Waals surface area (Å²) >= 11 is 1.68. The summed E-state index contributed by atoms with van der Waals surface area (Å²) in [5.41, 5.74) is 1.76. The number of aryl methyl sites for hydroxylation is 1. The molecule has 0 saturated carbocycles. The first kappa shape index (κ1) is 12.2. The summed E-state index contributed by atoms with van der Waals surface area (Å²) in [5, 5.41) is 1.05. The lowest BCUT2D eigenvalue weighted by Gasteiger charge is -2.16. The van der Waals surface area contributed by atoms with E-state index in [-0.39, 0.29) is 11.2 Å². The van der Waals surface area contributed by atoms with E-state index >= 15 is 0 Å². The Morgan fingerprint density at radius 1 is 1.35 bits per heavy atom. The molecule has 0 aliphatic heterocycles. The normalized spacial score (nSPS) is 12.0. The number of aromatic nitrogens is 1. The van der Waals surface area contributed by atoms with E-state index in [1.165, 1.54) is 4.70 Å². The topological polar surface area (TPSA) is 30.0 Å². The van der Waals surface area contributed by atoms with Crippen molar-refractivity contribution in [2.45, 2.75) is 34.1 Å². The molecule has 0 aliphatic rings.